The third kappa shape index (κ3) is 5.35. The van der Waals surface area contributed by atoms with Gasteiger partial charge in [-0.2, -0.15) is 0 Å². The van der Waals surface area contributed by atoms with Gasteiger partial charge in [-0.3, -0.25) is 0 Å². The maximum atomic E-state index is 11.4. The highest BCUT2D eigenvalue weighted by molar-refractivity contribution is 5.67. The van der Waals surface area contributed by atoms with Gasteiger partial charge in [-0.25, -0.2) is 4.79 Å². The van der Waals surface area contributed by atoms with Crippen molar-refractivity contribution in [3.63, 3.8) is 0 Å². The lowest BCUT2D eigenvalue weighted by Gasteiger charge is -2.26. The van der Waals surface area contributed by atoms with Gasteiger partial charge in [-0.05, 0) is 31.6 Å². The van der Waals surface area contributed by atoms with Crippen molar-refractivity contribution >= 4 is 6.09 Å². The number of methoxy groups -OCH3 is 1. The molecule has 0 aromatic rings. The molecule has 16 heavy (non-hydrogen) atoms. The van der Waals surface area contributed by atoms with Crippen molar-refractivity contribution < 1.29 is 14.3 Å². The van der Waals surface area contributed by atoms with Gasteiger partial charge in [-0.1, -0.05) is 13.3 Å². The van der Waals surface area contributed by atoms with Crippen LogP contribution in [0.3, 0.4) is 0 Å². The number of hydrogen-bond donors (Lipinski definition) is 1. The molecule has 1 aliphatic carbocycles. The van der Waals surface area contributed by atoms with E-state index in [9.17, 15) is 4.79 Å². The quantitative estimate of drug-likeness (QED) is 0.736. The van der Waals surface area contributed by atoms with Crippen molar-refractivity contribution in [2.45, 2.75) is 45.1 Å². The molecular weight excluding hydrogens is 206 g/mol. The van der Waals surface area contributed by atoms with E-state index in [1.807, 2.05) is 0 Å². The van der Waals surface area contributed by atoms with Crippen LogP contribution >= 0.6 is 0 Å². The summed E-state index contributed by atoms with van der Waals surface area (Å²) in [5.74, 6) is 0.681. The molecule has 0 aromatic carbocycles. The maximum Gasteiger partial charge on any atom is 0.407 e. The first-order valence-corrected chi connectivity index (χ1v) is 6.15. The lowest BCUT2D eigenvalue weighted by atomic mass is 9.89. The van der Waals surface area contributed by atoms with Gasteiger partial charge >= 0.3 is 6.09 Å². The number of nitrogens with one attached hydrogen (secondary N) is 1. The fourth-order valence-electron chi connectivity index (χ4n) is 2.09. The molecule has 2 atom stereocenters. The molecular formula is C12H23NO3. The first kappa shape index (κ1) is 13.3. The largest absolute Gasteiger partial charge is 0.446 e. The predicted molar refractivity (Wildman–Crippen MR) is 62.4 cm³/mol. The molecule has 4 nitrogen and oxygen atoms in total. The van der Waals surface area contributed by atoms with Crippen molar-refractivity contribution in [1.29, 1.82) is 0 Å². The van der Waals surface area contributed by atoms with Gasteiger partial charge in [0.25, 0.3) is 0 Å². The molecule has 4 heteroatoms. The molecule has 0 bridgehead atoms. The number of carbonyl (C=O) groups excluding carboxylic acids is 1. The van der Waals surface area contributed by atoms with Crippen LogP contribution in [0, 0.1) is 5.92 Å². The smallest absolute Gasteiger partial charge is 0.407 e. The van der Waals surface area contributed by atoms with Crippen molar-refractivity contribution in [2.24, 2.45) is 5.92 Å². The summed E-state index contributed by atoms with van der Waals surface area (Å²) < 4.78 is 10.2. The Labute approximate surface area is 97.7 Å². The molecule has 1 saturated carbocycles. The van der Waals surface area contributed by atoms with E-state index in [1.54, 1.807) is 7.11 Å². The highest BCUT2D eigenvalue weighted by Gasteiger charge is 2.21. The third-order valence-corrected chi connectivity index (χ3v) is 2.96. The lowest BCUT2D eigenvalue weighted by molar-refractivity contribution is 0.0620. The zero-order valence-corrected chi connectivity index (χ0v) is 10.3. The molecule has 1 aliphatic rings. The Balaban J connectivity index is 2.08. The highest BCUT2D eigenvalue weighted by Crippen LogP contribution is 2.25. The van der Waals surface area contributed by atoms with E-state index in [2.05, 4.69) is 12.2 Å². The van der Waals surface area contributed by atoms with Gasteiger partial charge in [0.2, 0.25) is 0 Å². The molecule has 0 aromatic heterocycles. The Bertz CT molecular complexity index is 208. The van der Waals surface area contributed by atoms with E-state index in [0.717, 1.165) is 19.3 Å². The Hall–Kier alpha value is -0.770. The Kier molecular flexibility index (Phi) is 6.23. The number of carbonyl (C=O) groups is 1. The summed E-state index contributed by atoms with van der Waals surface area (Å²) >= 11 is 0. The van der Waals surface area contributed by atoms with Crippen molar-refractivity contribution in [1.82, 2.24) is 5.32 Å². The second-order valence-corrected chi connectivity index (χ2v) is 4.57. The normalized spacial score (nSPS) is 25.1. The number of ether oxygens (including phenoxy) is 2. The van der Waals surface area contributed by atoms with Crippen LogP contribution in [0.5, 0.6) is 0 Å². The summed E-state index contributed by atoms with van der Waals surface area (Å²) in [4.78, 5) is 11.4. The summed E-state index contributed by atoms with van der Waals surface area (Å²) in [7, 11) is 1.65. The van der Waals surface area contributed by atoms with Crippen molar-refractivity contribution in [2.75, 3.05) is 20.3 Å². The summed E-state index contributed by atoms with van der Waals surface area (Å²) in [5.41, 5.74) is 0. The molecule has 0 radical (unpaired) electrons. The average Bonchev–Trinajstić information content (AvgIpc) is 2.24. The van der Waals surface area contributed by atoms with E-state index in [4.69, 9.17) is 9.47 Å². The van der Waals surface area contributed by atoms with Crippen LogP contribution in [0.15, 0.2) is 0 Å². The number of alkyl carbamates (subject to hydrolysis) is 1. The topological polar surface area (TPSA) is 47.6 Å². The van der Waals surface area contributed by atoms with Crippen LogP contribution in [0.25, 0.3) is 0 Å². The minimum atomic E-state index is -0.282. The first-order chi connectivity index (χ1) is 7.72. The Morgan fingerprint density at radius 2 is 2.25 bits per heavy atom. The molecule has 1 fully saturated rings. The summed E-state index contributed by atoms with van der Waals surface area (Å²) in [6.07, 6.45) is 5.10. The molecule has 0 heterocycles. The fraction of sp³-hybridized carbons (Fsp3) is 0.917. The third-order valence-electron chi connectivity index (χ3n) is 2.96. The van der Waals surface area contributed by atoms with E-state index in [0.29, 0.717) is 19.1 Å². The average molecular weight is 229 g/mol. The molecule has 0 saturated heterocycles. The van der Waals surface area contributed by atoms with Crippen molar-refractivity contribution in [3.05, 3.63) is 0 Å². The highest BCUT2D eigenvalue weighted by atomic mass is 16.6. The van der Waals surface area contributed by atoms with Gasteiger partial charge < -0.3 is 14.8 Å². The monoisotopic (exact) mass is 229 g/mol. The van der Waals surface area contributed by atoms with E-state index in [-0.39, 0.29) is 12.2 Å². The van der Waals surface area contributed by atoms with Crippen LogP contribution in [0.1, 0.15) is 39.0 Å². The van der Waals surface area contributed by atoms with Crippen molar-refractivity contribution in [3.8, 4) is 0 Å². The molecule has 1 unspecified atom stereocenters. The second kappa shape index (κ2) is 7.49. The summed E-state index contributed by atoms with van der Waals surface area (Å²) in [6, 6.07) is 0. The standard InChI is InChI=1S/C12H23NO3/c1-10-5-3-6-11(9-10)16-12(14)13-7-4-8-15-2/h10-11H,3-9H2,1-2H3,(H,13,14)/t10?,11-/m0/s1. The molecule has 94 valence electrons. The molecule has 1 amide bonds. The van der Waals surface area contributed by atoms with E-state index < -0.39 is 0 Å². The summed E-state index contributed by atoms with van der Waals surface area (Å²) in [6.45, 7) is 3.50. The van der Waals surface area contributed by atoms with Crippen LogP contribution in [-0.4, -0.2) is 32.5 Å². The maximum absolute atomic E-state index is 11.4. The lowest BCUT2D eigenvalue weighted by Crippen LogP contribution is -2.32. The SMILES string of the molecule is COCCCNC(=O)O[C@H]1CCCC(C)C1. The minimum absolute atomic E-state index is 0.117. The Morgan fingerprint density at radius 1 is 1.44 bits per heavy atom. The van der Waals surface area contributed by atoms with Gasteiger partial charge in [0.15, 0.2) is 0 Å². The van der Waals surface area contributed by atoms with Crippen LogP contribution in [-0.2, 0) is 9.47 Å². The van der Waals surface area contributed by atoms with Crippen LogP contribution in [0.2, 0.25) is 0 Å². The minimum Gasteiger partial charge on any atom is -0.446 e. The number of rotatable bonds is 5. The zero-order chi connectivity index (χ0) is 11.8. The zero-order valence-electron chi connectivity index (χ0n) is 10.3. The van der Waals surface area contributed by atoms with Gasteiger partial charge in [0, 0.05) is 20.3 Å². The van der Waals surface area contributed by atoms with Crippen LogP contribution in [0.4, 0.5) is 4.79 Å². The van der Waals surface area contributed by atoms with Gasteiger partial charge in [0.1, 0.15) is 6.10 Å². The first-order valence-electron chi connectivity index (χ1n) is 6.15. The van der Waals surface area contributed by atoms with Gasteiger partial charge in [0.05, 0.1) is 0 Å². The molecule has 1 N–H and O–H groups in total. The molecule has 0 spiro atoms. The van der Waals surface area contributed by atoms with E-state index in [1.165, 1.54) is 12.8 Å². The number of amides is 1. The van der Waals surface area contributed by atoms with Gasteiger partial charge in [-0.15, -0.1) is 0 Å². The molecule has 0 aliphatic heterocycles. The van der Waals surface area contributed by atoms with E-state index >= 15 is 0 Å². The fourth-order valence-corrected chi connectivity index (χ4v) is 2.09. The summed E-state index contributed by atoms with van der Waals surface area (Å²) in [5, 5.41) is 2.74. The number of hydrogen-bond acceptors (Lipinski definition) is 3. The Morgan fingerprint density at radius 3 is 2.94 bits per heavy atom. The predicted octanol–water partition coefficient (Wildman–Crippen LogP) is 2.33. The van der Waals surface area contributed by atoms with Crippen LogP contribution < -0.4 is 5.32 Å². The molecule has 1 rings (SSSR count). The second-order valence-electron chi connectivity index (χ2n) is 4.57.